The van der Waals surface area contributed by atoms with Crippen LogP contribution in [0, 0.1) is 6.92 Å². The summed E-state index contributed by atoms with van der Waals surface area (Å²) in [4.78, 5) is 7.33. The summed E-state index contributed by atoms with van der Waals surface area (Å²) in [7, 11) is 0. The molecule has 164 valence electrons. The van der Waals surface area contributed by atoms with Crippen LogP contribution in [0.1, 0.15) is 53.4 Å². The summed E-state index contributed by atoms with van der Waals surface area (Å²) in [6, 6.07) is 7.53. The number of benzene rings is 1. The lowest BCUT2D eigenvalue weighted by atomic mass is 9.88. The normalized spacial score (nSPS) is 24.5. The van der Waals surface area contributed by atoms with Gasteiger partial charge in [0.25, 0.3) is 0 Å². The Bertz CT molecular complexity index is 960. The first-order valence-corrected chi connectivity index (χ1v) is 11.8. The molecule has 1 aromatic carbocycles. The zero-order chi connectivity index (χ0) is 20.8. The van der Waals surface area contributed by atoms with Crippen LogP contribution in [0.5, 0.6) is 5.75 Å². The Morgan fingerprint density at radius 1 is 1.10 bits per heavy atom. The Balaban J connectivity index is 1.25. The highest BCUT2D eigenvalue weighted by Crippen LogP contribution is 2.42. The van der Waals surface area contributed by atoms with Gasteiger partial charge in [-0.1, -0.05) is 6.07 Å². The van der Waals surface area contributed by atoms with Gasteiger partial charge in [0.15, 0.2) is 0 Å². The standard InChI is InChI=1S/C25H32N4O2/c1-16-10-18(19-13-29(14-19)20-2-6-26-12-20)11-23-24(16)31-15-22-21(3-7-27-25(22)28-23)17-4-8-30-9-5-17/h3,7,10-11,17,19-20,26H,2,4-6,8-9,12-15H2,1H3,(H,27,28). The summed E-state index contributed by atoms with van der Waals surface area (Å²) >= 11 is 0. The molecular formula is C25H32N4O2. The van der Waals surface area contributed by atoms with Gasteiger partial charge in [0, 0.05) is 56.6 Å². The maximum Gasteiger partial charge on any atom is 0.146 e. The lowest BCUT2D eigenvalue weighted by Gasteiger charge is -2.43. The minimum atomic E-state index is 0.528. The van der Waals surface area contributed by atoms with Gasteiger partial charge in [-0.05, 0) is 67.5 Å². The van der Waals surface area contributed by atoms with Crippen molar-refractivity contribution in [2.75, 3.05) is 44.7 Å². The van der Waals surface area contributed by atoms with Crippen LogP contribution in [0.3, 0.4) is 0 Å². The molecule has 5 heterocycles. The molecule has 2 N–H and O–H groups in total. The summed E-state index contributed by atoms with van der Waals surface area (Å²) in [6.07, 6.45) is 5.36. The molecule has 6 nitrogen and oxygen atoms in total. The van der Waals surface area contributed by atoms with E-state index in [4.69, 9.17) is 14.5 Å². The number of likely N-dealkylation sites (tertiary alicyclic amines) is 1. The summed E-state index contributed by atoms with van der Waals surface area (Å²) < 4.78 is 12.0. The third-order valence-corrected chi connectivity index (χ3v) is 7.60. The molecule has 0 saturated carbocycles. The molecule has 2 aromatic rings. The van der Waals surface area contributed by atoms with E-state index in [1.54, 1.807) is 0 Å². The second-order valence-corrected chi connectivity index (χ2v) is 9.54. The van der Waals surface area contributed by atoms with E-state index in [2.05, 4.69) is 40.7 Å². The zero-order valence-corrected chi connectivity index (χ0v) is 18.3. The predicted molar refractivity (Wildman–Crippen MR) is 121 cm³/mol. The van der Waals surface area contributed by atoms with Crippen molar-refractivity contribution in [2.24, 2.45) is 0 Å². The number of fused-ring (bicyclic) bond motifs is 2. The van der Waals surface area contributed by atoms with Crippen LogP contribution in [0.15, 0.2) is 24.4 Å². The van der Waals surface area contributed by atoms with Crippen LogP contribution in [-0.2, 0) is 11.3 Å². The van der Waals surface area contributed by atoms with E-state index in [1.165, 1.54) is 28.7 Å². The van der Waals surface area contributed by atoms with Gasteiger partial charge in [0.2, 0.25) is 0 Å². The molecule has 0 aliphatic carbocycles. The van der Waals surface area contributed by atoms with E-state index in [1.807, 2.05) is 6.20 Å². The lowest BCUT2D eigenvalue weighted by Crippen LogP contribution is -2.51. The Hall–Kier alpha value is -2.15. The minimum Gasteiger partial charge on any atom is -0.486 e. The number of rotatable bonds is 3. The van der Waals surface area contributed by atoms with Crippen molar-refractivity contribution in [3.05, 3.63) is 46.6 Å². The van der Waals surface area contributed by atoms with Gasteiger partial charge in [0.05, 0.1) is 5.69 Å². The van der Waals surface area contributed by atoms with Gasteiger partial charge in [-0.3, -0.25) is 4.90 Å². The van der Waals surface area contributed by atoms with Gasteiger partial charge in [-0.25, -0.2) is 4.98 Å². The Morgan fingerprint density at radius 2 is 1.97 bits per heavy atom. The molecule has 0 radical (unpaired) electrons. The predicted octanol–water partition coefficient (Wildman–Crippen LogP) is 3.68. The maximum atomic E-state index is 6.37. The summed E-state index contributed by atoms with van der Waals surface area (Å²) in [5, 5.41) is 7.13. The molecule has 31 heavy (non-hydrogen) atoms. The first-order valence-electron chi connectivity index (χ1n) is 11.8. The average Bonchev–Trinajstić information content (AvgIpc) is 3.20. The monoisotopic (exact) mass is 420 g/mol. The summed E-state index contributed by atoms with van der Waals surface area (Å²) in [5.74, 6) is 3.05. The smallest absolute Gasteiger partial charge is 0.146 e. The Labute approximate surface area is 184 Å². The van der Waals surface area contributed by atoms with Gasteiger partial charge in [-0.15, -0.1) is 0 Å². The van der Waals surface area contributed by atoms with Crippen LogP contribution < -0.4 is 15.4 Å². The van der Waals surface area contributed by atoms with Gasteiger partial charge < -0.3 is 20.1 Å². The van der Waals surface area contributed by atoms with Crippen molar-refractivity contribution in [3.63, 3.8) is 0 Å². The minimum absolute atomic E-state index is 0.528. The molecule has 3 saturated heterocycles. The van der Waals surface area contributed by atoms with Crippen LogP contribution in [0.25, 0.3) is 0 Å². The molecule has 0 bridgehead atoms. The van der Waals surface area contributed by atoms with Crippen molar-refractivity contribution in [1.82, 2.24) is 15.2 Å². The fourth-order valence-corrected chi connectivity index (χ4v) is 5.72. The second kappa shape index (κ2) is 8.08. The summed E-state index contributed by atoms with van der Waals surface area (Å²) in [5.41, 5.74) is 6.26. The van der Waals surface area contributed by atoms with Crippen molar-refractivity contribution >= 4 is 11.5 Å². The van der Waals surface area contributed by atoms with Crippen molar-refractivity contribution < 1.29 is 9.47 Å². The largest absolute Gasteiger partial charge is 0.486 e. The van der Waals surface area contributed by atoms with E-state index < -0.39 is 0 Å². The molecular weight excluding hydrogens is 388 g/mol. The molecule has 3 fully saturated rings. The lowest BCUT2D eigenvalue weighted by molar-refractivity contribution is 0.0849. The van der Waals surface area contributed by atoms with Gasteiger partial charge in [0.1, 0.15) is 18.2 Å². The van der Waals surface area contributed by atoms with E-state index in [-0.39, 0.29) is 0 Å². The van der Waals surface area contributed by atoms with Crippen LogP contribution >= 0.6 is 0 Å². The highest BCUT2D eigenvalue weighted by atomic mass is 16.5. The molecule has 6 heteroatoms. The molecule has 4 aliphatic heterocycles. The number of nitrogens with zero attached hydrogens (tertiary/aromatic N) is 2. The third-order valence-electron chi connectivity index (χ3n) is 7.60. The number of aryl methyl sites for hydroxylation is 1. The maximum absolute atomic E-state index is 6.37. The quantitative estimate of drug-likeness (QED) is 0.790. The third kappa shape index (κ3) is 3.60. The topological polar surface area (TPSA) is 58.7 Å². The number of pyridine rings is 1. The van der Waals surface area contributed by atoms with E-state index in [0.717, 1.165) is 75.5 Å². The average molecular weight is 421 g/mol. The van der Waals surface area contributed by atoms with Gasteiger partial charge >= 0.3 is 0 Å². The molecule has 0 spiro atoms. The zero-order valence-electron chi connectivity index (χ0n) is 18.3. The van der Waals surface area contributed by atoms with Crippen molar-refractivity contribution in [3.8, 4) is 5.75 Å². The number of hydrogen-bond acceptors (Lipinski definition) is 6. The highest BCUT2D eigenvalue weighted by molar-refractivity contribution is 5.71. The van der Waals surface area contributed by atoms with Crippen LogP contribution in [0.2, 0.25) is 0 Å². The van der Waals surface area contributed by atoms with Crippen LogP contribution in [0.4, 0.5) is 11.5 Å². The number of nitrogens with one attached hydrogen (secondary N) is 2. The van der Waals surface area contributed by atoms with E-state index >= 15 is 0 Å². The first-order chi connectivity index (χ1) is 15.3. The number of ether oxygens (including phenoxy) is 2. The molecule has 1 unspecified atom stereocenters. The van der Waals surface area contributed by atoms with Crippen LogP contribution in [-0.4, -0.2) is 55.3 Å². The SMILES string of the molecule is Cc1cc(C2CN(C3CCNC3)C2)cc2c1OCc1c(C3CCOCC3)ccnc1N2. The van der Waals surface area contributed by atoms with Gasteiger partial charge in [-0.2, -0.15) is 0 Å². The second-order valence-electron chi connectivity index (χ2n) is 9.54. The van der Waals surface area contributed by atoms with Crippen molar-refractivity contribution in [2.45, 2.75) is 50.7 Å². The number of hydrogen-bond donors (Lipinski definition) is 2. The molecule has 1 aromatic heterocycles. The fraction of sp³-hybridized carbons (Fsp3) is 0.560. The van der Waals surface area contributed by atoms with E-state index in [9.17, 15) is 0 Å². The molecule has 1 atom stereocenters. The van der Waals surface area contributed by atoms with Crippen molar-refractivity contribution in [1.29, 1.82) is 0 Å². The summed E-state index contributed by atoms with van der Waals surface area (Å²) in [6.45, 7) is 9.05. The molecule has 6 rings (SSSR count). The number of aromatic nitrogens is 1. The Morgan fingerprint density at radius 3 is 2.77 bits per heavy atom. The highest BCUT2D eigenvalue weighted by Gasteiger charge is 2.35. The Kier molecular flexibility index (Phi) is 5.09. The van der Waals surface area contributed by atoms with E-state index in [0.29, 0.717) is 18.4 Å². The number of anilines is 2. The molecule has 4 aliphatic rings. The molecule has 0 amide bonds. The fourth-order valence-electron chi connectivity index (χ4n) is 5.72. The first kappa shape index (κ1) is 19.5.